The number of pyridine rings is 1. The van der Waals surface area contributed by atoms with E-state index in [1.54, 1.807) is 32.2 Å². The molecule has 1 fully saturated rings. The molecule has 38 heavy (non-hydrogen) atoms. The van der Waals surface area contributed by atoms with Crippen LogP contribution in [0.3, 0.4) is 0 Å². The summed E-state index contributed by atoms with van der Waals surface area (Å²) in [5.41, 5.74) is 0.518. The molecule has 2 aromatic heterocycles. The van der Waals surface area contributed by atoms with Gasteiger partial charge in [-0.05, 0) is 62.7 Å². The zero-order valence-corrected chi connectivity index (χ0v) is 20.9. The highest BCUT2D eigenvalue weighted by Crippen LogP contribution is 2.43. The van der Waals surface area contributed by atoms with Crippen LogP contribution in [0, 0.1) is 11.6 Å². The van der Waals surface area contributed by atoms with Crippen molar-refractivity contribution in [2.24, 2.45) is 0 Å². The van der Waals surface area contributed by atoms with E-state index in [-0.39, 0.29) is 23.6 Å². The number of aromatic nitrogens is 3. The molecule has 2 aromatic carbocycles. The van der Waals surface area contributed by atoms with Gasteiger partial charge in [-0.25, -0.2) is 23.5 Å². The number of hydrogen-bond acceptors (Lipinski definition) is 7. The van der Waals surface area contributed by atoms with Crippen molar-refractivity contribution < 1.29 is 23.0 Å². The number of carbonyl (C=O) groups excluding carboxylic acids is 1. The number of rotatable bonds is 7. The van der Waals surface area contributed by atoms with Crippen molar-refractivity contribution in [2.75, 3.05) is 10.2 Å². The lowest BCUT2D eigenvalue weighted by Crippen LogP contribution is -2.35. The van der Waals surface area contributed by atoms with Crippen molar-refractivity contribution in [3.05, 3.63) is 102 Å². The van der Waals surface area contributed by atoms with Crippen LogP contribution in [0.5, 0.6) is 11.5 Å². The summed E-state index contributed by atoms with van der Waals surface area (Å²) in [6, 6.07) is 17.5. The molecular weight excluding hydrogens is 492 g/mol. The summed E-state index contributed by atoms with van der Waals surface area (Å²) in [4.78, 5) is 26.9. The molecule has 0 radical (unpaired) electrons. The monoisotopic (exact) mass is 517 g/mol. The fourth-order valence-electron chi connectivity index (χ4n) is 4.35. The number of nitrogens with zero attached hydrogens (tertiary/aromatic N) is 4. The molecule has 0 bridgehead atoms. The molecule has 0 spiro atoms. The Morgan fingerprint density at radius 2 is 1.68 bits per heavy atom. The molecular formula is C28H25F2N5O3. The molecule has 4 aromatic rings. The molecule has 1 amide bonds. The molecule has 10 heteroatoms. The van der Waals surface area contributed by atoms with Crippen LogP contribution in [-0.4, -0.2) is 26.6 Å². The van der Waals surface area contributed by atoms with Gasteiger partial charge in [0, 0.05) is 0 Å². The Labute approximate surface area is 218 Å². The highest BCUT2D eigenvalue weighted by Gasteiger charge is 2.50. The van der Waals surface area contributed by atoms with Gasteiger partial charge in [-0.1, -0.05) is 30.3 Å². The predicted octanol–water partition coefficient (Wildman–Crippen LogP) is 6.59. The number of ether oxygens (including phenoxy) is 2. The fraction of sp³-hybridized carbons (Fsp3) is 0.214. The Morgan fingerprint density at radius 3 is 2.37 bits per heavy atom. The summed E-state index contributed by atoms with van der Waals surface area (Å²) in [5.74, 6) is -0.203. The lowest BCUT2D eigenvalue weighted by Gasteiger charge is -2.29. The Bertz CT molecular complexity index is 1430. The topological polar surface area (TPSA) is 89.5 Å². The molecule has 2 atom stereocenters. The van der Waals surface area contributed by atoms with Gasteiger partial charge in [0.25, 0.3) is 0 Å². The van der Waals surface area contributed by atoms with Crippen molar-refractivity contribution in [1.82, 2.24) is 15.0 Å². The maximum absolute atomic E-state index is 15.0. The Morgan fingerprint density at radius 1 is 0.974 bits per heavy atom. The van der Waals surface area contributed by atoms with E-state index < -0.39 is 23.6 Å². The van der Waals surface area contributed by atoms with Crippen LogP contribution in [0.4, 0.5) is 25.3 Å². The van der Waals surface area contributed by atoms with E-state index in [2.05, 4.69) is 20.3 Å². The third kappa shape index (κ3) is 5.10. The molecule has 194 valence electrons. The highest BCUT2D eigenvalue weighted by atomic mass is 19.1. The van der Waals surface area contributed by atoms with Gasteiger partial charge in [-0.2, -0.15) is 4.98 Å². The highest BCUT2D eigenvalue weighted by molar-refractivity contribution is 5.90. The van der Waals surface area contributed by atoms with Gasteiger partial charge >= 0.3 is 6.09 Å². The zero-order valence-electron chi connectivity index (χ0n) is 20.9. The summed E-state index contributed by atoms with van der Waals surface area (Å²) in [7, 11) is 0. The molecule has 5 rings (SSSR count). The quantitative estimate of drug-likeness (QED) is 0.296. The van der Waals surface area contributed by atoms with Gasteiger partial charge in [-0.3, -0.25) is 4.98 Å². The molecule has 1 unspecified atom stereocenters. The molecule has 1 N–H and O–H groups in total. The molecule has 1 aliphatic rings. The van der Waals surface area contributed by atoms with Crippen LogP contribution in [0.25, 0.3) is 0 Å². The van der Waals surface area contributed by atoms with E-state index in [0.29, 0.717) is 17.2 Å². The maximum atomic E-state index is 15.0. The second-order valence-electron chi connectivity index (χ2n) is 9.36. The molecule has 8 nitrogen and oxygen atoms in total. The van der Waals surface area contributed by atoms with Crippen LogP contribution < -0.4 is 15.0 Å². The number of amides is 1. The van der Waals surface area contributed by atoms with E-state index >= 15 is 0 Å². The van der Waals surface area contributed by atoms with Crippen LogP contribution in [0.1, 0.15) is 44.1 Å². The SMILES string of the molecule is C[C@H](Nc1ncc(F)c(N2C(=O)OC(C)(C)C2c2ccccc2)n1)c1ccc(Oc2ccc(F)cc2)cn1. The number of hydrogen-bond donors (Lipinski definition) is 1. The molecule has 1 saturated heterocycles. The van der Waals surface area contributed by atoms with Crippen LogP contribution in [-0.2, 0) is 4.74 Å². The Kier molecular flexibility index (Phi) is 6.62. The Balaban J connectivity index is 1.35. The minimum atomic E-state index is -0.918. The minimum Gasteiger partial charge on any atom is -0.456 e. The number of carbonyl (C=O) groups is 1. The number of nitrogens with one attached hydrogen (secondary N) is 1. The summed E-state index contributed by atoms with van der Waals surface area (Å²) in [6.45, 7) is 5.39. The van der Waals surface area contributed by atoms with Gasteiger partial charge in [-0.15, -0.1) is 0 Å². The molecule has 0 aliphatic carbocycles. The summed E-state index contributed by atoms with van der Waals surface area (Å²) in [5, 5.41) is 3.10. The van der Waals surface area contributed by atoms with Crippen molar-refractivity contribution in [2.45, 2.75) is 38.5 Å². The molecule has 3 heterocycles. The maximum Gasteiger partial charge on any atom is 0.416 e. The summed E-state index contributed by atoms with van der Waals surface area (Å²) in [6.07, 6.45) is 1.87. The normalized spacial score (nSPS) is 17.1. The van der Waals surface area contributed by atoms with Gasteiger partial charge in [0.05, 0.1) is 24.1 Å². The summed E-state index contributed by atoms with van der Waals surface area (Å²) < 4.78 is 39.4. The van der Waals surface area contributed by atoms with E-state index in [4.69, 9.17) is 9.47 Å². The second-order valence-corrected chi connectivity index (χ2v) is 9.36. The first-order chi connectivity index (χ1) is 18.2. The van der Waals surface area contributed by atoms with Crippen molar-refractivity contribution in [3.63, 3.8) is 0 Å². The lowest BCUT2D eigenvalue weighted by molar-refractivity contribution is 0.0685. The smallest absolute Gasteiger partial charge is 0.416 e. The van der Waals surface area contributed by atoms with Gasteiger partial charge in [0.2, 0.25) is 5.95 Å². The molecule has 1 aliphatic heterocycles. The van der Waals surface area contributed by atoms with Crippen LogP contribution >= 0.6 is 0 Å². The standard InChI is InChI=1S/C28H25F2N5O3/c1-17(23-14-13-21(15-31-23)37-20-11-9-19(29)10-12-20)33-26-32-16-22(30)25(34-26)35-24(18-7-5-4-6-8-18)28(2,3)38-27(35)36/h4-17,24H,1-3H3,(H,32,33,34)/t17-,24?/m0/s1. The fourth-order valence-corrected chi connectivity index (χ4v) is 4.35. The number of cyclic esters (lactones) is 1. The van der Waals surface area contributed by atoms with Crippen molar-refractivity contribution in [1.29, 1.82) is 0 Å². The predicted molar refractivity (Wildman–Crippen MR) is 137 cm³/mol. The number of anilines is 2. The molecule has 0 saturated carbocycles. The second kappa shape index (κ2) is 10.0. The minimum absolute atomic E-state index is 0.117. The lowest BCUT2D eigenvalue weighted by atomic mass is 9.91. The van der Waals surface area contributed by atoms with Crippen molar-refractivity contribution in [3.8, 4) is 11.5 Å². The third-order valence-corrected chi connectivity index (χ3v) is 6.13. The largest absolute Gasteiger partial charge is 0.456 e. The number of benzene rings is 2. The average Bonchev–Trinajstić information content (AvgIpc) is 3.15. The van der Waals surface area contributed by atoms with Gasteiger partial charge < -0.3 is 14.8 Å². The Hall–Kier alpha value is -4.60. The van der Waals surface area contributed by atoms with Crippen molar-refractivity contribution >= 4 is 17.9 Å². The first-order valence-corrected chi connectivity index (χ1v) is 12.0. The van der Waals surface area contributed by atoms with E-state index in [1.807, 2.05) is 37.3 Å². The average molecular weight is 518 g/mol. The number of halogens is 2. The van der Waals surface area contributed by atoms with Crippen LogP contribution in [0.15, 0.2) is 79.1 Å². The first kappa shape index (κ1) is 25.1. The van der Waals surface area contributed by atoms with Crippen LogP contribution in [0.2, 0.25) is 0 Å². The van der Waals surface area contributed by atoms with Gasteiger partial charge in [0.15, 0.2) is 11.6 Å². The third-order valence-electron chi connectivity index (χ3n) is 6.13. The summed E-state index contributed by atoms with van der Waals surface area (Å²) >= 11 is 0. The van der Waals surface area contributed by atoms with E-state index in [0.717, 1.165) is 11.8 Å². The first-order valence-electron chi connectivity index (χ1n) is 12.0. The van der Waals surface area contributed by atoms with E-state index in [1.165, 1.54) is 29.2 Å². The van der Waals surface area contributed by atoms with Gasteiger partial charge in [0.1, 0.15) is 29.0 Å². The van der Waals surface area contributed by atoms with E-state index in [9.17, 15) is 13.6 Å². The zero-order chi connectivity index (χ0) is 26.9.